The van der Waals surface area contributed by atoms with Gasteiger partial charge in [0.2, 0.25) is 0 Å². The Kier molecular flexibility index (Phi) is 4.79. The molecule has 0 aromatic heterocycles. The summed E-state index contributed by atoms with van der Waals surface area (Å²) >= 11 is 0. The van der Waals surface area contributed by atoms with Crippen LogP contribution in [0.1, 0.15) is 16.8 Å². The number of amides is 1. The normalized spacial score (nSPS) is 9.94. The maximum atomic E-state index is 11.7. The number of rotatable bonds is 5. The molecule has 16 heavy (non-hydrogen) atoms. The molecule has 0 bridgehead atoms. The van der Waals surface area contributed by atoms with E-state index in [-0.39, 0.29) is 12.5 Å². The fourth-order valence-corrected chi connectivity index (χ4v) is 1.31. The molecular formula is C12H18N2O2. The van der Waals surface area contributed by atoms with E-state index < -0.39 is 0 Å². The van der Waals surface area contributed by atoms with Gasteiger partial charge in [0.1, 0.15) is 0 Å². The van der Waals surface area contributed by atoms with Crippen molar-refractivity contribution >= 4 is 11.6 Å². The number of benzene rings is 1. The molecule has 0 saturated carbocycles. The lowest BCUT2D eigenvalue weighted by molar-refractivity contribution is 0.0951. The van der Waals surface area contributed by atoms with Gasteiger partial charge in [-0.1, -0.05) is 6.07 Å². The van der Waals surface area contributed by atoms with E-state index in [2.05, 4.69) is 5.32 Å². The number of aliphatic hydroxyl groups is 1. The van der Waals surface area contributed by atoms with Gasteiger partial charge in [-0.05, 0) is 24.6 Å². The minimum atomic E-state index is -0.0999. The van der Waals surface area contributed by atoms with Crippen molar-refractivity contribution in [1.82, 2.24) is 5.32 Å². The lowest BCUT2D eigenvalue weighted by atomic mass is 10.2. The second-order valence-corrected chi connectivity index (χ2v) is 3.78. The minimum Gasteiger partial charge on any atom is -0.396 e. The number of hydrogen-bond acceptors (Lipinski definition) is 3. The number of hydrogen-bond donors (Lipinski definition) is 2. The lowest BCUT2D eigenvalue weighted by Crippen LogP contribution is -2.25. The minimum absolute atomic E-state index is 0.0953. The van der Waals surface area contributed by atoms with E-state index in [9.17, 15) is 4.79 Å². The third-order valence-electron chi connectivity index (χ3n) is 2.25. The topological polar surface area (TPSA) is 52.6 Å². The number of carbonyl (C=O) groups is 1. The van der Waals surface area contributed by atoms with E-state index in [1.807, 2.05) is 37.2 Å². The molecule has 0 aliphatic carbocycles. The van der Waals surface area contributed by atoms with E-state index >= 15 is 0 Å². The zero-order valence-corrected chi connectivity index (χ0v) is 9.73. The van der Waals surface area contributed by atoms with E-state index in [0.29, 0.717) is 18.5 Å². The Morgan fingerprint density at radius 1 is 1.44 bits per heavy atom. The molecule has 0 fully saturated rings. The molecule has 0 spiro atoms. The second kappa shape index (κ2) is 6.12. The fourth-order valence-electron chi connectivity index (χ4n) is 1.31. The maximum absolute atomic E-state index is 11.7. The van der Waals surface area contributed by atoms with Crippen LogP contribution in [0.3, 0.4) is 0 Å². The summed E-state index contributed by atoms with van der Waals surface area (Å²) in [6.07, 6.45) is 0.582. The van der Waals surface area contributed by atoms with Gasteiger partial charge >= 0.3 is 0 Å². The molecule has 4 nitrogen and oxygen atoms in total. The number of nitrogens with zero attached hydrogens (tertiary/aromatic N) is 1. The molecule has 4 heteroatoms. The number of nitrogens with one attached hydrogen (secondary N) is 1. The van der Waals surface area contributed by atoms with Crippen molar-refractivity contribution in [3.63, 3.8) is 0 Å². The first-order valence-electron chi connectivity index (χ1n) is 5.31. The summed E-state index contributed by atoms with van der Waals surface area (Å²) in [5.41, 5.74) is 1.64. The molecule has 0 aliphatic rings. The van der Waals surface area contributed by atoms with Crippen LogP contribution < -0.4 is 10.2 Å². The smallest absolute Gasteiger partial charge is 0.251 e. The molecular weight excluding hydrogens is 204 g/mol. The molecule has 1 aromatic carbocycles. The van der Waals surface area contributed by atoms with Crippen molar-refractivity contribution in [2.24, 2.45) is 0 Å². The second-order valence-electron chi connectivity index (χ2n) is 3.78. The molecule has 2 N–H and O–H groups in total. The molecule has 0 unspecified atom stereocenters. The summed E-state index contributed by atoms with van der Waals surface area (Å²) in [7, 11) is 3.87. The van der Waals surface area contributed by atoms with Crippen molar-refractivity contribution in [3.05, 3.63) is 29.8 Å². The van der Waals surface area contributed by atoms with Crippen LogP contribution in [0.4, 0.5) is 5.69 Å². The van der Waals surface area contributed by atoms with Crippen molar-refractivity contribution in [2.75, 3.05) is 32.1 Å². The van der Waals surface area contributed by atoms with Crippen molar-refractivity contribution in [2.45, 2.75) is 6.42 Å². The SMILES string of the molecule is CN(C)c1cccc(C(=O)NCCCO)c1. The predicted molar refractivity (Wildman–Crippen MR) is 64.8 cm³/mol. The molecule has 0 atom stereocenters. The quantitative estimate of drug-likeness (QED) is 0.727. The number of aliphatic hydroxyl groups excluding tert-OH is 1. The monoisotopic (exact) mass is 222 g/mol. The van der Waals surface area contributed by atoms with E-state index in [0.717, 1.165) is 5.69 Å². The molecule has 0 radical (unpaired) electrons. The van der Waals surface area contributed by atoms with Crippen LogP contribution >= 0.6 is 0 Å². The Bertz CT molecular complexity index is 351. The molecule has 1 rings (SSSR count). The first-order chi connectivity index (χ1) is 7.65. The van der Waals surface area contributed by atoms with Crippen LogP contribution in [0.2, 0.25) is 0 Å². The summed E-state index contributed by atoms with van der Waals surface area (Å²) in [5.74, 6) is -0.0999. The van der Waals surface area contributed by atoms with Crippen LogP contribution in [-0.4, -0.2) is 38.3 Å². The summed E-state index contributed by atoms with van der Waals surface area (Å²) in [6, 6.07) is 7.43. The van der Waals surface area contributed by atoms with E-state index in [4.69, 9.17) is 5.11 Å². The Hall–Kier alpha value is -1.55. The van der Waals surface area contributed by atoms with Crippen LogP contribution in [0.25, 0.3) is 0 Å². The van der Waals surface area contributed by atoms with Crippen molar-refractivity contribution in [3.8, 4) is 0 Å². The lowest BCUT2D eigenvalue weighted by Gasteiger charge is -2.13. The molecule has 0 saturated heterocycles. The molecule has 0 aliphatic heterocycles. The van der Waals surface area contributed by atoms with Crippen LogP contribution in [0, 0.1) is 0 Å². The van der Waals surface area contributed by atoms with Gasteiger partial charge in [-0.15, -0.1) is 0 Å². The molecule has 0 heterocycles. The predicted octanol–water partition coefficient (Wildman–Crippen LogP) is 0.865. The van der Waals surface area contributed by atoms with Gasteiger partial charge in [0.05, 0.1) is 0 Å². The Balaban J connectivity index is 2.64. The summed E-state index contributed by atoms with van der Waals surface area (Å²) < 4.78 is 0. The van der Waals surface area contributed by atoms with Gasteiger partial charge in [-0.25, -0.2) is 0 Å². The van der Waals surface area contributed by atoms with Gasteiger partial charge < -0.3 is 15.3 Å². The van der Waals surface area contributed by atoms with E-state index in [1.54, 1.807) is 6.07 Å². The number of carbonyl (C=O) groups excluding carboxylic acids is 1. The first kappa shape index (κ1) is 12.5. The average Bonchev–Trinajstić information content (AvgIpc) is 2.29. The molecule has 88 valence electrons. The van der Waals surface area contributed by atoms with Crippen molar-refractivity contribution in [1.29, 1.82) is 0 Å². The Labute approximate surface area is 95.9 Å². The zero-order chi connectivity index (χ0) is 12.0. The van der Waals surface area contributed by atoms with Crippen molar-refractivity contribution < 1.29 is 9.90 Å². The highest BCUT2D eigenvalue weighted by molar-refractivity contribution is 5.95. The fraction of sp³-hybridized carbons (Fsp3) is 0.417. The van der Waals surface area contributed by atoms with Gasteiger partial charge in [-0.2, -0.15) is 0 Å². The summed E-state index contributed by atoms with van der Waals surface area (Å²) in [6.45, 7) is 0.597. The Morgan fingerprint density at radius 3 is 2.81 bits per heavy atom. The van der Waals surface area contributed by atoms with Gasteiger partial charge in [0.25, 0.3) is 5.91 Å². The van der Waals surface area contributed by atoms with Crippen LogP contribution in [0.15, 0.2) is 24.3 Å². The van der Waals surface area contributed by atoms with Crippen LogP contribution in [-0.2, 0) is 0 Å². The number of anilines is 1. The Morgan fingerprint density at radius 2 is 2.19 bits per heavy atom. The average molecular weight is 222 g/mol. The third kappa shape index (κ3) is 3.55. The maximum Gasteiger partial charge on any atom is 0.251 e. The third-order valence-corrected chi connectivity index (χ3v) is 2.25. The van der Waals surface area contributed by atoms with Gasteiger partial charge in [-0.3, -0.25) is 4.79 Å². The van der Waals surface area contributed by atoms with Crippen LogP contribution in [0.5, 0.6) is 0 Å². The summed E-state index contributed by atoms with van der Waals surface area (Å²) in [4.78, 5) is 13.6. The molecule has 1 amide bonds. The highest BCUT2D eigenvalue weighted by Crippen LogP contribution is 2.13. The first-order valence-corrected chi connectivity index (χ1v) is 5.31. The van der Waals surface area contributed by atoms with E-state index in [1.165, 1.54) is 0 Å². The molecule has 1 aromatic rings. The largest absolute Gasteiger partial charge is 0.396 e. The highest BCUT2D eigenvalue weighted by atomic mass is 16.3. The standard InChI is InChI=1S/C12H18N2O2/c1-14(2)11-6-3-5-10(9-11)12(16)13-7-4-8-15/h3,5-6,9,15H,4,7-8H2,1-2H3,(H,13,16). The zero-order valence-electron chi connectivity index (χ0n) is 9.73. The van der Waals surface area contributed by atoms with Gasteiger partial charge in [0.15, 0.2) is 0 Å². The highest BCUT2D eigenvalue weighted by Gasteiger charge is 2.05. The summed E-state index contributed by atoms with van der Waals surface area (Å²) in [5, 5.41) is 11.4. The van der Waals surface area contributed by atoms with Gasteiger partial charge in [0, 0.05) is 38.5 Å².